The van der Waals surface area contributed by atoms with Gasteiger partial charge in [-0.1, -0.05) is 19.6 Å². The molecule has 0 saturated carbocycles. The van der Waals surface area contributed by atoms with E-state index in [0.717, 1.165) is 36.1 Å². The average molecular weight is 346 g/mol. The van der Waals surface area contributed by atoms with Crippen molar-refractivity contribution < 1.29 is 23.2 Å². The minimum atomic E-state index is -4.49. The van der Waals surface area contributed by atoms with Crippen LogP contribution in [0.3, 0.4) is 0 Å². The Bertz CT molecular complexity index is 598. The van der Waals surface area contributed by atoms with E-state index in [1.165, 1.54) is 0 Å². The van der Waals surface area contributed by atoms with Gasteiger partial charge >= 0.3 is 6.18 Å². The van der Waals surface area contributed by atoms with Gasteiger partial charge in [-0.15, -0.1) is 0 Å². The molecule has 126 valence electrons. The van der Waals surface area contributed by atoms with Crippen molar-refractivity contribution >= 4 is 23.5 Å². The summed E-state index contributed by atoms with van der Waals surface area (Å²) in [4.78, 5) is 15.4. The van der Waals surface area contributed by atoms with E-state index in [1.54, 1.807) is 6.92 Å². The molecule has 0 spiro atoms. The first-order valence-corrected chi connectivity index (χ1v) is 7.65. The molecule has 1 N–H and O–H groups in total. The van der Waals surface area contributed by atoms with E-state index in [1.807, 2.05) is 13.0 Å². The normalized spacial score (nSPS) is 12.2. The Labute approximate surface area is 136 Å². The van der Waals surface area contributed by atoms with E-state index in [-0.39, 0.29) is 17.4 Å². The van der Waals surface area contributed by atoms with Gasteiger partial charge in [0.2, 0.25) is 0 Å². The van der Waals surface area contributed by atoms with Crippen LogP contribution in [0.2, 0.25) is 0 Å². The third-order valence-corrected chi connectivity index (χ3v) is 3.73. The number of anilines is 1. The molecular weight excluding hydrogens is 329 g/mol. The zero-order valence-corrected chi connectivity index (χ0v) is 13.5. The molecule has 0 aliphatic rings. The number of allylic oxidation sites excluding steroid dienone is 3. The van der Waals surface area contributed by atoms with Crippen molar-refractivity contribution in [3.63, 3.8) is 0 Å². The monoisotopic (exact) mass is 346 g/mol. The molecule has 0 bridgehead atoms. The van der Waals surface area contributed by atoms with Crippen LogP contribution < -0.4 is 4.47 Å². The summed E-state index contributed by atoms with van der Waals surface area (Å²) in [7, 11) is 0. The fourth-order valence-corrected chi connectivity index (χ4v) is 2.24. The number of carbonyl (C=O) groups excluding carboxylic acids is 1. The second-order valence-corrected chi connectivity index (χ2v) is 5.54. The van der Waals surface area contributed by atoms with Gasteiger partial charge in [0.15, 0.2) is 11.6 Å². The van der Waals surface area contributed by atoms with Crippen LogP contribution >= 0.6 is 11.9 Å². The van der Waals surface area contributed by atoms with E-state index in [4.69, 9.17) is 0 Å². The minimum Gasteiger partial charge on any atom is -0.293 e. The summed E-state index contributed by atoms with van der Waals surface area (Å²) in [5.74, 6) is -0.474. The van der Waals surface area contributed by atoms with Gasteiger partial charge in [-0.25, -0.2) is 4.98 Å². The summed E-state index contributed by atoms with van der Waals surface area (Å²) in [5.41, 5.74) is 0.188. The molecule has 1 rings (SSSR count). The van der Waals surface area contributed by atoms with E-state index >= 15 is 0 Å². The first-order valence-electron chi connectivity index (χ1n) is 6.71. The van der Waals surface area contributed by atoms with Crippen molar-refractivity contribution in [2.45, 2.75) is 26.4 Å². The van der Waals surface area contributed by atoms with Gasteiger partial charge in [0.25, 0.3) is 0 Å². The van der Waals surface area contributed by atoms with Gasteiger partial charge in [-0.3, -0.25) is 10.0 Å². The predicted molar refractivity (Wildman–Crippen MR) is 84.2 cm³/mol. The zero-order valence-electron chi connectivity index (χ0n) is 12.7. The topological polar surface area (TPSA) is 53.4 Å². The fourth-order valence-electron chi connectivity index (χ4n) is 1.59. The number of Topliss-reactive ketones (excluding diaryl/α,β-unsaturated/α-hetero) is 1. The third-order valence-electron chi connectivity index (χ3n) is 2.91. The largest absolute Gasteiger partial charge is 0.417 e. The fraction of sp³-hybridized carbons (Fsp3) is 0.333. The van der Waals surface area contributed by atoms with Crippen LogP contribution in [-0.2, 0) is 11.0 Å². The van der Waals surface area contributed by atoms with Gasteiger partial charge in [0.05, 0.1) is 11.3 Å². The van der Waals surface area contributed by atoms with E-state index < -0.39 is 11.7 Å². The highest BCUT2D eigenvalue weighted by Crippen LogP contribution is 2.30. The zero-order chi connectivity index (χ0) is 17.6. The maximum absolute atomic E-state index is 12.4. The standard InChI is InChI=1S/C15H17F3N2O2S/c1-4-5-10(2)11(3)13(21)9-23-20(22)14-7-6-12(8-19-14)15(16,17)18/h5-8,22H,3-4,9H2,1-2H3/b10-5+. The Kier molecular flexibility index (Phi) is 6.83. The lowest BCUT2D eigenvalue weighted by Gasteiger charge is -2.15. The molecule has 8 heteroatoms. The maximum atomic E-state index is 12.4. The third kappa shape index (κ3) is 5.72. The number of halogens is 3. The lowest BCUT2D eigenvalue weighted by Crippen LogP contribution is -2.16. The summed E-state index contributed by atoms with van der Waals surface area (Å²) in [6, 6.07) is 1.83. The minimum absolute atomic E-state index is 0.0952. The van der Waals surface area contributed by atoms with Crippen LogP contribution in [0.4, 0.5) is 19.0 Å². The molecule has 0 aromatic carbocycles. The van der Waals surface area contributed by atoms with Crippen molar-refractivity contribution in [1.82, 2.24) is 4.98 Å². The van der Waals surface area contributed by atoms with E-state index in [9.17, 15) is 23.2 Å². The summed E-state index contributed by atoms with van der Waals surface area (Å²) in [6.07, 6.45) is -1.24. The van der Waals surface area contributed by atoms with Crippen LogP contribution in [0, 0.1) is 0 Å². The number of nitrogens with zero attached hydrogens (tertiary/aromatic N) is 2. The number of alkyl halides is 3. The number of hydrogen-bond acceptors (Lipinski definition) is 5. The molecule has 1 aromatic rings. The number of ketones is 1. The first kappa shape index (κ1) is 19.2. The van der Waals surface area contributed by atoms with Crippen molar-refractivity contribution in [3.05, 3.63) is 47.7 Å². The quantitative estimate of drug-likeness (QED) is 0.343. The Morgan fingerprint density at radius 2 is 2.13 bits per heavy atom. The Morgan fingerprint density at radius 1 is 1.48 bits per heavy atom. The second-order valence-electron chi connectivity index (χ2n) is 4.65. The van der Waals surface area contributed by atoms with Crippen LogP contribution in [0.5, 0.6) is 0 Å². The number of rotatable bonds is 7. The average Bonchev–Trinajstić information content (AvgIpc) is 2.51. The van der Waals surface area contributed by atoms with Gasteiger partial charge < -0.3 is 0 Å². The van der Waals surface area contributed by atoms with Gasteiger partial charge in [0, 0.05) is 11.8 Å². The van der Waals surface area contributed by atoms with Crippen LogP contribution in [-0.4, -0.2) is 21.7 Å². The maximum Gasteiger partial charge on any atom is 0.417 e. The molecule has 0 aliphatic heterocycles. The van der Waals surface area contributed by atoms with Crippen molar-refractivity contribution in [2.24, 2.45) is 0 Å². The smallest absolute Gasteiger partial charge is 0.293 e. The van der Waals surface area contributed by atoms with Crippen molar-refractivity contribution in [1.29, 1.82) is 0 Å². The highest BCUT2D eigenvalue weighted by Gasteiger charge is 2.30. The van der Waals surface area contributed by atoms with Crippen molar-refractivity contribution in [2.75, 3.05) is 10.2 Å². The SMILES string of the molecule is C=C(C(=O)CSN(O)c1ccc(C(F)(F)F)cn1)/C(C)=C/CC. The highest BCUT2D eigenvalue weighted by molar-refractivity contribution is 8.01. The predicted octanol–water partition coefficient (Wildman–Crippen LogP) is 4.43. The lowest BCUT2D eigenvalue weighted by atomic mass is 10.1. The second kappa shape index (κ2) is 8.16. The Hall–Kier alpha value is -1.80. The molecule has 0 atom stereocenters. The molecule has 0 fully saturated rings. The van der Waals surface area contributed by atoms with Crippen LogP contribution in [0.1, 0.15) is 25.8 Å². The summed E-state index contributed by atoms with van der Waals surface area (Å²) >= 11 is 0.722. The summed E-state index contributed by atoms with van der Waals surface area (Å²) in [5, 5.41) is 9.74. The summed E-state index contributed by atoms with van der Waals surface area (Å²) < 4.78 is 37.8. The molecule has 1 aromatic heterocycles. The van der Waals surface area contributed by atoms with E-state index in [0.29, 0.717) is 16.2 Å². The van der Waals surface area contributed by atoms with Crippen LogP contribution in [0.15, 0.2) is 42.1 Å². The molecule has 0 aliphatic carbocycles. The Balaban J connectivity index is 2.63. The van der Waals surface area contributed by atoms with E-state index in [2.05, 4.69) is 11.6 Å². The molecule has 1 heterocycles. The Morgan fingerprint density at radius 3 is 2.61 bits per heavy atom. The molecule has 23 heavy (non-hydrogen) atoms. The van der Waals surface area contributed by atoms with Gasteiger partial charge in [-0.05, 0) is 43.0 Å². The molecule has 0 amide bonds. The lowest BCUT2D eigenvalue weighted by molar-refractivity contribution is -0.137. The molecule has 4 nitrogen and oxygen atoms in total. The summed E-state index contributed by atoms with van der Waals surface area (Å²) in [6.45, 7) is 7.39. The molecule has 0 radical (unpaired) electrons. The number of aromatic nitrogens is 1. The highest BCUT2D eigenvalue weighted by atomic mass is 32.2. The molecule has 0 unspecified atom stereocenters. The van der Waals surface area contributed by atoms with Crippen LogP contribution in [0.25, 0.3) is 0 Å². The number of hydrogen-bond donors (Lipinski definition) is 1. The van der Waals surface area contributed by atoms with Gasteiger partial charge in [0.1, 0.15) is 0 Å². The number of pyridine rings is 1. The molecular formula is C15H17F3N2O2S. The number of carbonyl (C=O) groups is 1. The van der Waals surface area contributed by atoms with Gasteiger partial charge in [-0.2, -0.15) is 17.6 Å². The molecule has 0 saturated heterocycles. The van der Waals surface area contributed by atoms with Crippen molar-refractivity contribution in [3.8, 4) is 0 Å². The first-order chi connectivity index (χ1) is 10.7.